The minimum Gasteiger partial charge on any atom is -0.311 e. The fraction of sp³-hybridized carbons (Fsp3) is 0.706. The van der Waals surface area contributed by atoms with Crippen molar-refractivity contribution in [3.63, 3.8) is 0 Å². The Labute approximate surface area is 123 Å². The molecule has 2 unspecified atom stereocenters. The number of aryl methyl sites for hydroxylation is 1. The average Bonchev–Trinajstić information content (AvgIpc) is 2.42. The molecule has 1 N–H and O–H groups in total. The van der Waals surface area contributed by atoms with Gasteiger partial charge in [-0.05, 0) is 30.9 Å². The van der Waals surface area contributed by atoms with Crippen molar-refractivity contribution < 1.29 is 0 Å². The molecule has 0 radical (unpaired) electrons. The van der Waals surface area contributed by atoms with Crippen molar-refractivity contribution in [2.24, 2.45) is 5.92 Å². The van der Waals surface area contributed by atoms with E-state index in [-0.39, 0.29) is 0 Å². The van der Waals surface area contributed by atoms with Crippen molar-refractivity contribution in [1.29, 1.82) is 0 Å². The molecule has 1 aliphatic rings. The standard InChI is InChI=1S/C17H29N3/c1-5-6-16-12-20(17(10-19-16)13(2)3)11-15-8-7-14(4)18-9-15/h7-9,13,16-17,19H,5-6,10-12H2,1-4H3. The van der Waals surface area contributed by atoms with Crippen molar-refractivity contribution in [3.8, 4) is 0 Å². The van der Waals surface area contributed by atoms with Gasteiger partial charge >= 0.3 is 0 Å². The van der Waals surface area contributed by atoms with E-state index in [1.54, 1.807) is 0 Å². The highest BCUT2D eigenvalue weighted by Gasteiger charge is 2.29. The highest BCUT2D eigenvalue weighted by Crippen LogP contribution is 2.19. The normalized spacial score (nSPS) is 24.2. The van der Waals surface area contributed by atoms with E-state index in [0.29, 0.717) is 18.0 Å². The molecule has 1 aromatic rings. The van der Waals surface area contributed by atoms with E-state index < -0.39 is 0 Å². The molecule has 112 valence electrons. The summed E-state index contributed by atoms with van der Waals surface area (Å²) in [5, 5.41) is 3.72. The van der Waals surface area contributed by atoms with Crippen LogP contribution in [0, 0.1) is 12.8 Å². The van der Waals surface area contributed by atoms with E-state index in [1.807, 2.05) is 13.1 Å². The molecule has 0 amide bonds. The van der Waals surface area contributed by atoms with Gasteiger partial charge in [-0.25, -0.2) is 0 Å². The summed E-state index contributed by atoms with van der Waals surface area (Å²) in [6, 6.07) is 5.61. The van der Waals surface area contributed by atoms with E-state index in [9.17, 15) is 0 Å². The Kier molecular flexibility index (Phi) is 5.55. The average molecular weight is 275 g/mol. The minimum absolute atomic E-state index is 0.629. The van der Waals surface area contributed by atoms with Gasteiger partial charge < -0.3 is 5.32 Å². The highest BCUT2D eigenvalue weighted by atomic mass is 15.2. The Morgan fingerprint density at radius 3 is 2.80 bits per heavy atom. The fourth-order valence-corrected chi connectivity index (χ4v) is 3.11. The Morgan fingerprint density at radius 2 is 2.20 bits per heavy atom. The lowest BCUT2D eigenvalue weighted by Gasteiger charge is -2.42. The number of rotatable bonds is 5. The van der Waals surface area contributed by atoms with Gasteiger partial charge in [-0.15, -0.1) is 0 Å². The summed E-state index contributed by atoms with van der Waals surface area (Å²) < 4.78 is 0. The summed E-state index contributed by atoms with van der Waals surface area (Å²) in [7, 11) is 0. The molecule has 2 atom stereocenters. The summed E-state index contributed by atoms with van der Waals surface area (Å²) in [6.07, 6.45) is 4.56. The van der Waals surface area contributed by atoms with Crippen molar-refractivity contribution in [1.82, 2.24) is 15.2 Å². The first-order chi connectivity index (χ1) is 9.60. The molecule has 3 heteroatoms. The lowest BCUT2D eigenvalue weighted by atomic mass is 9.96. The minimum atomic E-state index is 0.629. The number of hydrogen-bond donors (Lipinski definition) is 1. The van der Waals surface area contributed by atoms with Crippen LogP contribution >= 0.6 is 0 Å². The number of pyridine rings is 1. The van der Waals surface area contributed by atoms with Crippen LogP contribution in [0.2, 0.25) is 0 Å². The van der Waals surface area contributed by atoms with Crippen molar-refractivity contribution in [2.45, 2.75) is 59.2 Å². The van der Waals surface area contributed by atoms with E-state index >= 15 is 0 Å². The summed E-state index contributed by atoms with van der Waals surface area (Å²) in [4.78, 5) is 7.07. The Morgan fingerprint density at radius 1 is 1.40 bits per heavy atom. The number of piperazine rings is 1. The van der Waals surface area contributed by atoms with Crippen LogP contribution in [-0.2, 0) is 6.54 Å². The van der Waals surface area contributed by atoms with Crippen LogP contribution in [0.5, 0.6) is 0 Å². The van der Waals surface area contributed by atoms with Crippen LogP contribution in [0.25, 0.3) is 0 Å². The molecule has 3 nitrogen and oxygen atoms in total. The zero-order chi connectivity index (χ0) is 14.5. The monoisotopic (exact) mass is 275 g/mol. The maximum Gasteiger partial charge on any atom is 0.0372 e. The third-order valence-electron chi connectivity index (χ3n) is 4.30. The van der Waals surface area contributed by atoms with Crippen molar-refractivity contribution in [2.75, 3.05) is 13.1 Å². The van der Waals surface area contributed by atoms with E-state index in [1.165, 1.54) is 18.4 Å². The predicted octanol–water partition coefficient (Wildman–Crippen LogP) is 2.99. The van der Waals surface area contributed by atoms with Crippen LogP contribution in [0.4, 0.5) is 0 Å². The third kappa shape index (κ3) is 4.03. The quantitative estimate of drug-likeness (QED) is 0.895. The van der Waals surface area contributed by atoms with Gasteiger partial charge in [-0.3, -0.25) is 9.88 Å². The summed E-state index contributed by atoms with van der Waals surface area (Å²) in [5.74, 6) is 0.684. The second-order valence-electron chi connectivity index (χ2n) is 6.44. The van der Waals surface area contributed by atoms with Crippen LogP contribution in [0.3, 0.4) is 0 Å². The largest absolute Gasteiger partial charge is 0.311 e. The van der Waals surface area contributed by atoms with Crippen LogP contribution in [0.1, 0.15) is 44.9 Å². The lowest BCUT2D eigenvalue weighted by molar-refractivity contribution is 0.0884. The topological polar surface area (TPSA) is 28.2 Å². The third-order valence-corrected chi connectivity index (χ3v) is 4.30. The van der Waals surface area contributed by atoms with Gasteiger partial charge in [0.05, 0.1) is 0 Å². The molecule has 1 aliphatic heterocycles. The Bertz CT molecular complexity index is 399. The van der Waals surface area contributed by atoms with Crippen molar-refractivity contribution >= 4 is 0 Å². The summed E-state index contributed by atoms with van der Waals surface area (Å²) >= 11 is 0. The van der Waals surface area contributed by atoms with Gasteiger partial charge in [-0.2, -0.15) is 0 Å². The molecule has 2 heterocycles. The maximum atomic E-state index is 4.43. The molecule has 0 aromatic carbocycles. The SMILES string of the molecule is CCCC1CN(Cc2ccc(C)nc2)C(C(C)C)CN1. The molecule has 1 fully saturated rings. The number of nitrogens with one attached hydrogen (secondary N) is 1. The lowest BCUT2D eigenvalue weighted by Crippen LogP contribution is -2.57. The van der Waals surface area contributed by atoms with Gasteiger partial charge in [0.15, 0.2) is 0 Å². The molecule has 20 heavy (non-hydrogen) atoms. The molecule has 1 aromatic heterocycles. The molecule has 0 bridgehead atoms. The number of aromatic nitrogens is 1. The maximum absolute atomic E-state index is 4.43. The molecule has 2 rings (SSSR count). The predicted molar refractivity (Wildman–Crippen MR) is 84.7 cm³/mol. The van der Waals surface area contributed by atoms with Gasteiger partial charge in [0.2, 0.25) is 0 Å². The van der Waals surface area contributed by atoms with Gasteiger partial charge in [0, 0.05) is 43.6 Å². The highest BCUT2D eigenvalue weighted by molar-refractivity contribution is 5.13. The van der Waals surface area contributed by atoms with Gasteiger partial charge in [0.1, 0.15) is 0 Å². The van der Waals surface area contributed by atoms with E-state index in [0.717, 1.165) is 25.3 Å². The first-order valence-corrected chi connectivity index (χ1v) is 7.99. The molecular formula is C17H29N3. The molecule has 1 saturated heterocycles. The molecular weight excluding hydrogens is 246 g/mol. The molecule has 0 saturated carbocycles. The first kappa shape index (κ1) is 15.5. The second-order valence-corrected chi connectivity index (χ2v) is 6.44. The smallest absolute Gasteiger partial charge is 0.0372 e. The second kappa shape index (κ2) is 7.19. The first-order valence-electron chi connectivity index (χ1n) is 7.99. The van der Waals surface area contributed by atoms with Gasteiger partial charge in [-0.1, -0.05) is 33.3 Å². The number of hydrogen-bond acceptors (Lipinski definition) is 3. The van der Waals surface area contributed by atoms with Crippen LogP contribution in [-0.4, -0.2) is 35.1 Å². The number of nitrogens with zero attached hydrogens (tertiary/aromatic N) is 2. The zero-order valence-electron chi connectivity index (χ0n) is 13.4. The van der Waals surface area contributed by atoms with Crippen molar-refractivity contribution in [3.05, 3.63) is 29.6 Å². The summed E-state index contributed by atoms with van der Waals surface area (Å²) in [5.41, 5.74) is 2.43. The van der Waals surface area contributed by atoms with Crippen LogP contribution < -0.4 is 5.32 Å². The van der Waals surface area contributed by atoms with E-state index in [4.69, 9.17) is 0 Å². The Balaban J connectivity index is 2.04. The fourth-order valence-electron chi connectivity index (χ4n) is 3.11. The molecule has 0 spiro atoms. The zero-order valence-corrected chi connectivity index (χ0v) is 13.4. The Hall–Kier alpha value is -0.930. The van der Waals surface area contributed by atoms with E-state index in [2.05, 4.69) is 48.1 Å². The molecule has 0 aliphatic carbocycles. The van der Waals surface area contributed by atoms with Gasteiger partial charge in [0.25, 0.3) is 0 Å². The summed E-state index contributed by atoms with van der Waals surface area (Å²) in [6.45, 7) is 12.3. The van der Waals surface area contributed by atoms with Crippen LogP contribution in [0.15, 0.2) is 18.3 Å².